The quantitative estimate of drug-likeness (QED) is 0.164. The standard InChI is InChI=1S/C79H72BN3OS/c1-75(2,3)45-23-30-49(31-24-45)81(50-32-25-46(26-33-50)76(4,5)6)52-36-37-54-57-41-59-64(44-68(57)85-67(54)40-52)83(51-34-27-47(28-35-51)77(7,8)9)80-62-43-61-56(53-19-15-17-21-60(53)79(61,13)14)42-65(62)82-63-38-29-48(78(10,11)12)39-58(63)71-73(82)72(80)69(59)70-55-20-16-18-22-66(55)84-74(70)71/h15-44H,1-14H3. The van der Waals surface area contributed by atoms with Gasteiger partial charge in [0.2, 0.25) is 0 Å². The topological polar surface area (TPSA) is 24.6 Å². The first-order chi connectivity index (χ1) is 40.4. The molecule has 3 aliphatic rings. The van der Waals surface area contributed by atoms with Gasteiger partial charge in [0.15, 0.2) is 0 Å². The number of hydrogen-bond acceptors (Lipinski definition) is 4. The molecule has 0 fully saturated rings. The fourth-order valence-corrected chi connectivity index (χ4v) is 16.1. The number of furan rings is 1. The first-order valence-electron chi connectivity index (χ1n) is 30.6. The zero-order valence-corrected chi connectivity index (χ0v) is 52.4. The van der Waals surface area contributed by atoms with Crippen molar-refractivity contribution in [3.05, 3.63) is 215 Å². The van der Waals surface area contributed by atoms with Crippen LogP contribution in [0.4, 0.5) is 28.4 Å². The second kappa shape index (κ2) is 17.4. The van der Waals surface area contributed by atoms with Crippen molar-refractivity contribution in [2.45, 2.75) is 124 Å². The Bertz CT molecular complexity index is 4940. The largest absolute Gasteiger partial charge is 0.455 e. The van der Waals surface area contributed by atoms with Gasteiger partial charge in [0.05, 0.1) is 16.4 Å². The maximum absolute atomic E-state index is 7.41. The molecule has 0 unspecified atom stereocenters. The van der Waals surface area contributed by atoms with Crippen LogP contribution >= 0.6 is 11.3 Å². The molecule has 0 atom stereocenters. The van der Waals surface area contributed by atoms with Crippen LogP contribution < -0.4 is 20.6 Å². The smallest absolute Gasteiger partial charge is 0.333 e. The van der Waals surface area contributed by atoms with Gasteiger partial charge >= 0.3 is 6.85 Å². The highest BCUT2D eigenvalue weighted by Gasteiger charge is 2.48. The Morgan fingerprint density at radius 1 is 0.459 bits per heavy atom. The molecule has 85 heavy (non-hydrogen) atoms. The number of nitrogens with zero attached hydrogens (tertiary/aromatic N) is 3. The minimum Gasteiger partial charge on any atom is -0.455 e. The Hall–Kier alpha value is -8.32. The van der Waals surface area contributed by atoms with Crippen molar-refractivity contribution >= 4 is 121 Å². The third kappa shape index (κ3) is 7.52. The Labute approximate surface area is 504 Å². The van der Waals surface area contributed by atoms with Crippen LogP contribution in [-0.4, -0.2) is 11.4 Å². The van der Waals surface area contributed by atoms with Crippen LogP contribution in [0.3, 0.4) is 0 Å². The molecule has 5 heterocycles. The van der Waals surface area contributed by atoms with Crippen molar-refractivity contribution < 1.29 is 4.42 Å². The molecule has 10 aromatic carbocycles. The predicted octanol–water partition coefficient (Wildman–Crippen LogP) is 21.3. The molecule has 6 heteroatoms. The summed E-state index contributed by atoms with van der Waals surface area (Å²) in [7, 11) is 0. The summed E-state index contributed by atoms with van der Waals surface area (Å²) in [5, 5.41) is 7.28. The van der Waals surface area contributed by atoms with E-state index in [1.54, 1.807) is 0 Å². The molecule has 418 valence electrons. The summed E-state index contributed by atoms with van der Waals surface area (Å²) in [5.41, 5.74) is 27.0. The minimum absolute atomic E-state index is 0.0140. The number of benzene rings is 10. The van der Waals surface area contributed by atoms with E-state index >= 15 is 0 Å². The number of aromatic nitrogens is 1. The zero-order chi connectivity index (χ0) is 58.8. The summed E-state index contributed by atoms with van der Waals surface area (Å²) in [6.07, 6.45) is 0. The Kier molecular flexibility index (Phi) is 10.7. The van der Waals surface area contributed by atoms with E-state index in [9.17, 15) is 0 Å². The molecule has 0 saturated carbocycles. The summed E-state index contributed by atoms with van der Waals surface area (Å²) < 4.78 is 12.6. The summed E-state index contributed by atoms with van der Waals surface area (Å²) in [4.78, 5) is 5.18. The normalized spacial score (nSPS) is 14.5. The summed E-state index contributed by atoms with van der Waals surface area (Å²) in [5.74, 6) is 0. The highest BCUT2D eigenvalue weighted by atomic mass is 32.1. The Morgan fingerprint density at radius 3 is 1.71 bits per heavy atom. The molecule has 2 aliphatic heterocycles. The van der Waals surface area contributed by atoms with E-state index < -0.39 is 0 Å². The van der Waals surface area contributed by atoms with E-state index in [2.05, 4.69) is 293 Å². The van der Waals surface area contributed by atoms with Crippen LogP contribution in [-0.2, 0) is 27.1 Å². The van der Waals surface area contributed by atoms with Gasteiger partial charge in [-0.15, -0.1) is 11.3 Å². The van der Waals surface area contributed by atoms with E-state index in [1.807, 2.05) is 11.3 Å². The average molecular weight is 1120 g/mol. The second-order valence-electron chi connectivity index (χ2n) is 29.4. The third-order valence-corrected chi connectivity index (χ3v) is 20.7. The molecule has 0 amide bonds. The number of hydrogen-bond donors (Lipinski definition) is 0. The molecule has 16 rings (SSSR count). The van der Waals surface area contributed by atoms with Gasteiger partial charge in [0, 0.05) is 81.4 Å². The molecule has 0 bridgehead atoms. The predicted molar refractivity (Wildman–Crippen MR) is 367 cm³/mol. The van der Waals surface area contributed by atoms with Crippen LogP contribution in [0.2, 0.25) is 0 Å². The lowest BCUT2D eigenvalue weighted by Crippen LogP contribution is -2.60. The van der Waals surface area contributed by atoms with E-state index in [4.69, 9.17) is 4.42 Å². The SMILES string of the molecule is CC(C)(C)c1ccc(N2B3c4cc5c(cc4-n4c6ccc(C(C)(C)C)cc6c6c7oc8ccccc8c7c(c3c64)-c3cc4c(cc32)sc2cc(N(c3ccc(C(C)(C)C)cc3)c3ccc(C(C)(C)C)cc3)ccc24)-c2ccccc2C5(C)C)cc1. The van der Waals surface area contributed by atoms with Crippen LogP contribution in [0.15, 0.2) is 186 Å². The van der Waals surface area contributed by atoms with Crippen molar-refractivity contribution in [1.82, 2.24) is 4.57 Å². The van der Waals surface area contributed by atoms with Crippen LogP contribution in [0, 0.1) is 0 Å². The van der Waals surface area contributed by atoms with Crippen molar-refractivity contribution in [3.63, 3.8) is 0 Å². The fourth-order valence-electron chi connectivity index (χ4n) is 14.9. The molecule has 0 spiro atoms. The monoisotopic (exact) mass is 1120 g/mol. The lowest BCUT2D eigenvalue weighted by molar-refractivity contribution is 0.590. The molecule has 3 aromatic heterocycles. The number of thiophene rings is 1. The molecule has 0 radical (unpaired) electrons. The van der Waals surface area contributed by atoms with Gasteiger partial charge in [-0.3, -0.25) is 0 Å². The van der Waals surface area contributed by atoms with Crippen LogP contribution in [0.25, 0.3) is 91.9 Å². The summed E-state index contributed by atoms with van der Waals surface area (Å²) >= 11 is 1.91. The Morgan fingerprint density at radius 2 is 1.05 bits per heavy atom. The van der Waals surface area contributed by atoms with E-state index in [0.717, 1.165) is 33.6 Å². The van der Waals surface area contributed by atoms with E-state index in [1.165, 1.54) is 131 Å². The second-order valence-corrected chi connectivity index (χ2v) is 30.5. The molecule has 0 saturated heterocycles. The number of anilines is 5. The molecule has 4 nitrogen and oxygen atoms in total. The van der Waals surface area contributed by atoms with E-state index in [-0.39, 0.29) is 33.9 Å². The fraction of sp³-hybridized carbons (Fsp3) is 0.241. The van der Waals surface area contributed by atoms with Gasteiger partial charge in [-0.1, -0.05) is 194 Å². The highest BCUT2D eigenvalue weighted by molar-refractivity contribution is 7.26. The highest BCUT2D eigenvalue weighted by Crippen LogP contribution is 2.56. The molecule has 0 N–H and O–H groups in total. The van der Waals surface area contributed by atoms with Gasteiger partial charge in [0.1, 0.15) is 11.2 Å². The number of fused-ring (bicyclic) bond motifs is 19. The van der Waals surface area contributed by atoms with Gasteiger partial charge in [-0.05, 0) is 168 Å². The average Bonchev–Trinajstić information content (AvgIpc) is 1.58. The molecular weight excluding hydrogens is 1050 g/mol. The van der Waals surface area contributed by atoms with Crippen molar-refractivity contribution in [2.24, 2.45) is 0 Å². The van der Waals surface area contributed by atoms with E-state index in [0.29, 0.717) is 0 Å². The maximum Gasteiger partial charge on any atom is 0.333 e. The molecule has 13 aromatic rings. The maximum atomic E-state index is 7.41. The summed E-state index contributed by atoms with van der Waals surface area (Å²) in [6.45, 7) is 32.4. The molecular formula is C79H72BN3OS. The lowest BCUT2D eigenvalue weighted by Gasteiger charge is -2.42. The number of para-hydroxylation sites is 1. The van der Waals surface area contributed by atoms with Gasteiger partial charge in [-0.2, -0.15) is 0 Å². The van der Waals surface area contributed by atoms with Gasteiger partial charge in [-0.25, -0.2) is 0 Å². The van der Waals surface area contributed by atoms with Gasteiger partial charge in [0.25, 0.3) is 0 Å². The van der Waals surface area contributed by atoms with Crippen molar-refractivity contribution in [3.8, 4) is 27.9 Å². The lowest BCUT2D eigenvalue weighted by atomic mass is 9.43. The first-order valence-corrected chi connectivity index (χ1v) is 31.4. The first kappa shape index (κ1) is 52.3. The Balaban J connectivity index is 1.02. The molecule has 1 aliphatic carbocycles. The number of rotatable bonds is 4. The zero-order valence-electron chi connectivity index (χ0n) is 51.6. The van der Waals surface area contributed by atoms with Crippen molar-refractivity contribution in [2.75, 3.05) is 9.71 Å². The minimum atomic E-state index is -0.209. The van der Waals surface area contributed by atoms with Crippen LogP contribution in [0.5, 0.6) is 0 Å². The third-order valence-electron chi connectivity index (χ3n) is 19.6. The van der Waals surface area contributed by atoms with Crippen LogP contribution in [0.1, 0.15) is 130 Å². The van der Waals surface area contributed by atoms with Gasteiger partial charge < -0.3 is 18.7 Å². The summed E-state index contributed by atoms with van der Waals surface area (Å²) in [6, 6.07) is 70.6. The van der Waals surface area contributed by atoms with Crippen molar-refractivity contribution in [1.29, 1.82) is 0 Å².